The molecule has 37 heavy (non-hydrogen) atoms. The number of hydrazone groups is 1. The van der Waals surface area contributed by atoms with Crippen LogP contribution in [0.2, 0.25) is 0 Å². The lowest BCUT2D eigenvalue weighted by molar-refractivity contribution is -0.114. The third-order valence-electron chi connectivity index (χ3n) is 5.78. The Kier molecular flexibility index (Phi) is 8.01. The van der Waals surface area contributed by atoms with Gasteiger partial charge < -0.3 is 9.47 Å². The normalized spacial score (nSPS) is 17.4. The van der Waals surface area contributed by atoms with Gasteiger partial charge in [-0.3, -0.25) is 10.2 Å². The number of benzene rings is 2. The Morgan fingerprint density at radius 3 is 2.22 bits per heavy atom. The summed E-state index contributed by atoms with van der Waals surface area (Å²) in [4.78, 5) is 16.0. The van der Waals surface area contributed by atoms with E-state index in [1.165, 1.54) is 11.6 Å². The minimum Gasteiger partial charge on any atom is -0.493 e. The van der Waals surface area contributed by atoms with Crippen LogP contribution in [0.3, 0.4) is 0 Å². The first kappa shape index (κ1) is 26.5. The van der Waals surface area contributed by atoms with Gasteiger partial charge in [0.05, 0.1) is 18.8 Å². The van der Waals surface area contributed by atoms with E-state index in [-0.39, 0.29) is 22.5 Å². The molecule has 0 bridgehead atoms. The first-order valence-electron chi connectivity index (χ1n) is 11.7. The van der Waals surface area contributed by atoms with E-state index in [1.807, 2.05) is 12.1 Å². The molecule has 7 nitrogen and oxygen atoms in total. The number of thioether (sulfide) groups is 1. The highest BCUT2D eigenvalue weighted by atomic mass is 32.2. The van der Waals surface area contributed by atoms with Crippen molar-refractivity contribution in [1.82, 2.24) is 5.01 Å². The van der Waals surface area contributed by atoms with Gasteiger partial charge in [0.25, 0.3) is 5.91 Å². The standard InChI is InChI=1S/C26H25F3N4O3S/c1-3-16(2)18-7-11-20(12-8-18)36-14-4-13-35-19-9-5-17(6-10-19)15-21-22(30)33-25(31-23(21)34)37-24(32-33)26(27,28)29/h5-12,15-16,30H,3-4,13-14H2,1-2H3/b21-15-,30-22?/t16-/m1/s1. The second kappa shape index (κ2) is 11.2. The van der Waals surface area contributed by atoms with Crippen LogP contribution in [-0.4, -0.2) is 46.4 Å². The lowest BCUT2D eigenvalue weighted by atomic mass is 9.99. The van der Waals surface area contributed by atoms with Crippen molar-refractivity contribution in [3.05, 3.63) is 65.2 Å². The number of carbonyl (C=O) groups is 1. The molecule has 0 unspecified atom stereocenters. The van der Waals surface area contributed by atoms with E-state index < -0.39 is 23.0 Å². The van der Waals surface area contributed by atoms with E-state index >= 15 is 0 Å². The molecule has 0 fully saturated rings. The van der Waals surface area contributed by atoms with Gasteiger partial charge >= 0.3 is 6.18 Å². The summed E-state index contributed by atoms with van der Waals surface area (Å²) in [5.41, 5.74) is 1.70. The molecule has 0 aliphatic carbocycles. The number of amides is 1. The highest BCUT2D eigenvalue weighted by Gasteiger charge is 2.46. The monoisotopic (exact) mass is 530 g/mol. The van der Waals surface area contributed by atoms with Gasteiger partial charge in [-0.15, -0.1) is 0 Å². The topological polar surface area (TPSA) is 87.3 Å². The summed E-state index contributed by atoms with van der Waals surface area (Å²) in [6, 6.07) is 14.9. The Bertz CT molecular complexity index is 1260. The molecule has 1 N–H and O–H groups in total. The molecule has 0 radical (unpaired) electrons. The van der Waals surface area contributed by atoms with Crippen molar-refractivity contribution in [3.8, 4) is 11.5 Å². The van der Waals surface area contributed by atoms with E-state index in [2.05, 4.69) is 36.1 Å². The van der Waals surface area contributed by atoms with Crippen LogP contribution < -0.4 is 9.47 Å². The predicted octanol–water partition coefficient (Wildman–Crippen LogP) is 6.23. The second-order valence-electron chi connectivity index (χ2n) is 8.42. The summed E-state index contributed by atoms with van der Waals surface area (Å²) in [6.45, 7) is 5.30. The Morgan fingerprint density at radius 2 is 1.65 bits per heavy atom. The highest BCUT2D eigenvalue weighted by Crippen LogP contribution is 2.35. The number of hydrogen-bond donors (Lipinski definition) is 1. The molecule has 194 valence electrons. The quantitative estimate of drug-likeness (QED) is 0.307. The molecule has 11 heteroatoms. The van der Waals surface area contributed by atoms with Crippen LogP contribution in [0.25, 0.3) is 6.08 Å². The minimum atomic E-state index is -4.68. The number of alkyl halides is 3. The SMILES string of the molecule is CC[C@@H](C)c1ccc(OCCCOc2ccc(/C=C3/C(=N)N4N=C(C(F)(F)F)SC4=NC3=O)cc2)cc1. The van der Waals surface area contributed by atoms with E-state index in [0.29, 0.717) is 36.9 Å². The average Bonchev–Trinajstić information content (AvgIpc) is 3.32. The van der Waals surface area contributed by atoms with Gasteiger partial charge in [0.15, 0.2) is 5.84 Å². The van der Waals surface area contributed by atoms with Crippen LogP contribution in [0.15, 0.2) is 64.2 Å². The van der Waals surface area contributed by atoms with Crippen LogP contribution in [0.4, 0.5) is 13.2 Å². The van der Waals surface area contributed by atoms with E-state index in [1.54, 1.807) is 24.3 Å². The van der Waals surface area contributed by atoms with Gasteiger partial charge in [-0.05, 0) is 65.6 Å². The third kappa shape index (κ3) is 6.40. The van der Waals surface area contributed by atoms with Gasteiger partial charge in [0, 0.05) is 6.42 Å². The van der Waals surface area contributed by atoms with Gasteiger partial charge in [-0.1, -0.05) is 38.1 Å². The zero-order chi connectivity index (χ0) is 26.6. The summed E-state index contributed by atoms with van der Waals surface area (Å²) in [6.07, 6.45) is -1.52. The number of halogens is 3. The predicted molar refractivity (Wildman–Crippen MR) is 138 cm³/mol. The van der Waals surface area contributed by atoms with Crippen LogP contribution >= 0.6 is 11.8 Å². The van der Waals surface area contributed by atoms with Crippen LogP contribution in [0.1, 0.15) is 43.7 Å². The van der Waals surface area contributed by atoms with Gasteiger partial charge in [-0.2, -0.15) is 28.3 Å². The number of rotatable bonds is 9. The number of nitrogens with zero attached hydrogens (tertiary/aromatic N) is 3. The highest BCUT2D eigenvalue weighted by molar-refractivity contribution is 8.27. The van der Waals surface area contributed by atoms with Crippen molar-refractivity contribution in [2.24, 2.45) is 10.1 Å². The fourth-order valence-electron chi connectivity index (χ4n) is 3.50. The zero-order valence-electron chi connectivity index (χ0n) is 20.2. The number of hydrogen-bond acceptors (Lipinski definition) is 6. The fourth-order valence-corrected chi connectivity index (χ4v) is 4.26. The van der Waals surface area contributed by atoms with Crippen LogP contribution in [0, 0.1) is 5.41 Å². The maximum atomic E-state index is 12.9. The van der Waals surface area contributed by atoms with Crippen LogP contribution in [-0.2, 0) is 4.79 Å². The molecule has 2 aromatic carbocycles. The van der Waals surface area contributed by atoms with Gasteiger partial charge in [-0.25, -0.2) is 0 Å². The maximum absolute atomic E-state index is 12.9. The molecule has 4 rings (SSSR count). The molecule has 1 atom stereocenters. The molecule has 0 spiro atoms. The molecular weight excluding hydrogens is 505 g/mol. The molecule has 2 heterocycles. The smallest absolute Gasteiger partial charge is 0.441 e. The molecule has 2 aliphatic rings. The largest absolute Gasteiger partial charge is 0.493 e. The summed E-state index contributed by atoms with van der Waals surface area (Å²) in [5.74, 6) is 0.692. The molecule has 2 aliphatic heterocycles. The van der Waals surface area contributed by atoms with Crippen LogP contribution in [0.5, 0.6) is 11.5 Å². The first-order valence-corrected chi connectivity index (χ1v) is 12.5. The second-order valence-corrected chi connectivity index (χ2v) is 9.38. The van der Waals surface area contributed by atoms with Crippen molar-refractivity contribution in [1.29, 1.82) is 5.41 Å². The molecule has 0 saturated heterocycles. The summed E-state index contributed by atoms with van der Waals surface area (Å²) in [5, 5.41) is 10.8. The number of fused-ring (bicyclic) bond motifs is 1. The van der Waals surface area contributed by atoms with Crippen molar-refractivity contribution in [2.75, 3.05) is 13.2 Å². The Hall–Kier alpha value is -3.60. The summed E-state index contributed by atoms with van der Waals surface area (Å²) < 4.78 is 50.3. The van der Waals surface area contributed by atoms with Crippen molar-refractivity contribution in [2.45, 2.75) is 38.8 Å². The number of aliphatic imine (C=N–C) groups is 1. The molecule has 1 amide bonds. The Labute approximate surface area is 216 Å². The molecule has 0 aromatic heterocycles. The van der Waals surface area contributed by atoms with E-state index in [0.717, 1.165) is 17.2 Å². The Balaban J connectivity index is 1.28. The number of carbonyl (C=O) groups excluding carboxylic acids is 1. The average molecular weight is 531 g/mol. The van der Waals surface area contributed by atoms with E-state index in [9.17, 15) is 18.0 Å². The van der Waals surface area contributed by atoms with Gasteiger partial charge in [0.1, 0.15) is 11.5 Å². The molecule has 0 saturated carbocycles. The van der Waals surface area contributed by atoms with Crippen molar-refractivity contribution in [3.63, 3.8) is 0 Å². The van der Waals surface area contributed by atoms with Crippen molar-refractivity contribution >= 4 is 39.8 Å². The molecule has 2 aromatic rings. The number of amidine groups is 2. The number of nitrogens with one attached hydrogen (secondary N) is 1. The first-order chi connectivity index (χ1) is 17.7. The third-order valence-corrected chi connectivity index (χ3v) is 6.73. The molecular formula is C26H25F3N4O3S. The lowest BCUT2D eigenvalue weighted by Crippen LogP contribution is -2.35. The lowest BCUT2D eigenvalue weighted by Gasteiger charge is -2.20. The maximum Gasteiger partial charge on any atom is 0.441 e. The fraction of sp³-hybridized carbons (Fsp3) is 0.308. The number of ether oxygens (including phenoxy) is 2. The van der Waals surface area contributed by atoms with E-state index in [4.69, 9.17) is 14.9 Å². The van der Waals surface area contributed by atoms with Crippen molar-refractivity contribution < 1.29 is 27.4 Å². The van der Waals surface area contributed by atoms with Gasteiger partial charge in [0.2, 0.25) is 10.2 Å². The minimum absolute atomic E-state index is 0.153. The summed E-state index contributed by atoms with van der Waals surface area (Å²) in [7, 11) is 0. The Morgan fingerprint density at radius 1 is 1.05 bits per heavy atom. The summed E-state index contributed by atoms with van der Waals surface area (Å²) >= 11 is 0.218. The zero-order valence-corrected chi connectivity index (χ0v) is 21.0.